The Morgan fingerprint density at radius 3 is 2.79 bits per heavy atom. The number of hydrogen-bond acceptors (Lipinski definition) is 5. The Balaban J connectivity index is 1.46. The Labute approximate surface area is 218 Å². The first-order chi connectivity index (χ1) is 18.2. The normalized spacial score (nSPS) is 21.1. The number of hydrazone groups is 1. The van der Waals surface area contributed by atoms with Crippen LogP contribution in [0.5, 0.6) is 11.5 Å². The fourth-order valence-corrected chi connectivity index (χ4v) is 5.69. The molecule has 202 valence electrons. The number of rotatable bonds is 6. The molecular weight excluding hydrogens is 499 g/mol. The lowest BCUT2D eigenvalue weighted by molar-refractivity contribution is -0.471. The van der Waals surface area contributed by atoms with E-state index in [9.17, 15) is 18.0 Å². The predicted octanol–water partition coefficient (Wildman–Crippen LogP) is 1.66. The third-order valence-electron chi connectivity index (χ3n) is 7.44. The van der Waals surface area contributed by atoms with E-state index < -0.39 is 18.1 Å². The van der Waals surface area contributed by atoms with E-state index in [2.05, 4.69) is 21.9 Å². The van der Waals surface area contributed by atoms with Gasteiger partial charge in [-0.3, -0.25) is 10.6 Å². The number of nitrogens with two attached hydrogens (primary N) is 2. The lowest BCUT2D eigenvalue weighted by atomic mass is 9.77. The number of alkyl halides is 3. The zero-order valence-corrected chi connectivity index (χ0v) is 20.8. The molecule has 0 radical (unpaired) electrons. The Morgan fingerprint density at radius 1 is 1.18 bits per heavy atom. The fraction of sp³-hybridized carbons (Fsp3) is 0.407. The standard InChI is InChI=1S/C27H30F3N5O3/c28-27(29,30)9-2-12-37-19-5-6-21-17(14-19)8-10-26(21)15-20(23(25(36)33-26)24(34-31)35-32)16-4-7-22-18(13-16)3-1-11-38-22/h4-7,13-14H,1-3,8-12,15,31-32H2,(H,33,36)(H,34,35)/p+1/t26-/m0/s1. The minimum absolute atomic E-state index is 0.0186. The number of hydrazine groups is 2. The molecule has 11 heteroatoms. The summed E-state index contributed by atoms with van der Waals surface area (Å²) < 4.78 is 48.7. The van der Waals surface area contributed by atoms with Gasteiger partial charge in [0.2, 0.25) is 0 Å². The number of carbonyl (C=O) groups is 1. The van der Waals surface area contributed by atoms with E-state index in [-0.39, 0.29) is 24.8 Å². The van der Waals surface area contributed by atoms with Crippen molar-refractivity contribution in [2.45, 2.75) is 56.7 Å². The highest BCUT2D eigenvalue weighted by atomic mass is 19.4. The third kappa shape index (κ3) is 5.02. The van der Waals surface area contributed by atoms with Gasteiger partial charge in [0.1, 0.15) is 17.1 Å². The molecule has 0 saturated carbocycles. The summed E-state index contributed by atoms with van der Waals surface area (Å²) in [6, 6.07) is 11.5. The number of hydrogen-bond donors (Lipinski definition) is 5. The number of ether oxygens (including phenoxy) is 2. The zero-order valence-electron chi connectivity index (χ0n) is 20.8. The van der Waals surface area contributed by atoms with Gasteiger partial charge in [-0.2, -0.15) is 29.5 Å². The molecule has 5 rings (SSSR count). The van der Waals surface area contributed by atoms with E-state index in [0.29, 0.717) is 37.2 Å². The average Bonchev–Trinajstić information content (AvgIpc) is 3.24. The molecule has 1 amide bonds. The van der Waals surface area contributed by atoms with Gasteiger partial charge in [-0.15, -0.1) is 0 Å². The van der Waals surface area contributed by atoms with Crippen molar-refractivity contribution in [1.29, 1.82) is 0 Å². The zero-order chi connectivity index (χ0) is 26.9. The van der Waals surface area contributed by atoms with E-state index in [1.165, 1.54) is 0 Å². The highest BCUT2D eigenvalue weighted by Gasteiger charge is 2.47. The smallest absolute Gasteiger partial charge is 0.389 e. The number of benzene rings is 2. The van der Waals surface area contributed by atoms with Crippen molar-refractivity contribution in [3.63, 3.8) is 0 Å². The molecule has 2 aromatic carbocycles. The van der Waals surface area contributed by atoms with Crippen molar-refractivity contribution in [1.82, 2.24) is 10.7 Å². The molecule has 0 aromatic heterocycles. The van der Waals surface area contributed by atoms with Crippen LogP contribution in [0.15, 0.2) is 42.0 Å². The van der Waals surface area contributed by atoms with Crippen LogP contribution in [0.4, 0.5) is 13.2 Å². The first kappa shape index (κ1) is 25.9. The summed E-state index contributed by atoms with van der Waals surface area (Å²) in [5, 5.41) is 5.70. The molecule has 2 aromatic rings. The van der Waals surface area contributed by atoms with Crippen molar-refractivity contribution in [2.24, 2.45) is 11.7 Å². The van der Waals surface area contributed by atoms with Gasteiger partial charge in [0.15, 0.2) is 0 Å². The van der Waals surface area contributed by atoms with Crippen LogP contribution in [0.1, 0.15) is 54.4 Å². The lowest BCUT2D eigenvalue weighted by Crippen LogP contribution is -2.84. The number of nitrogens with one attached hydrogen (secondary N) is 3. The van der Waals surface area contributed by atoms with Crippen molar-refractivity contribution in [3.8, 4) is 11.5 Å². The maximum atomic E-state index is 13.6. The van der Waals surface area contributed by atoms with E-state index in [1.807, 2.05) is 24.3 Å². The number of halogens is 3. The quantitative estimate of drug-likeness (QED) is 0.127. The topological polar surface area (TPSA) is 126 Å². The second-order valence-corrected chi connectivity index (χ2v) is 9.89. The van der Waals surface area contributed by atoms with E-state index in [4.69, 9.17) is 21.2 Å². The van der Waals surface area contributed by atoms with Crippen LogP contribution in [-0.4, -0.2) is 31.1 Å². The first-order valence-corrected chi connectivity index (χ1v) is 12.7. The molecule has 38 heavy (non-hydrogen) atoms. The second kappa shape index (κ2) is 10.2. The van der Waals surface area contributed by atoms with Gasteiger partial charge >= 0.3 is 12.0 Å². The van der Waals surface area contributed by atoms with E-state index >= 15 is 0 Å². The molecule has 7 N–H and O–H groups in total. The Bertz CT molecular complexity index is 1310. The summed E-state index contributed by atoms with van der Waals surface area (Å²) in [5.74, 6) is 12.7. The highest BCUT2D eigenvalue weighted by Crippen LogP contribution is 2.47. The first-order valence-electron chi connectivity index (χ1n) is 12.7. The van der Waals surface area contributed by atoms with Crippen LogP contribution in [0.2, 0.25) is 0 Å². The maximum absolute atomic E-state index is 13.6. The molecule has 8 nitrogen and oxygen atoms in total. The third-order valence-corrected chi connectivity index (χ3v) is 7.44. The van der Waals surface area contributed by atoms with Gasteiger partial charge < -0.3 is 14.8 Å². The van der Waals surface area contributed by atoms with Crippen LogP contribution in [0, 0.1) is 0 Å². The second-order valence-electron chi connectivity index (χ2n) is 9.89. The highest BCUT2D eigenvalue weighted by molar-refractivity contribution is 6.24. The fourth-order valence-electron chi connectivity index (χ4n) is 5.69. The number of fused-ring (bicyclic) bond motifs is 3. The molecule has 3 aliphatic rings. The predicted molar refractivity (Wildman–Crippen MR) is 135 cm³/mol. The van der Waals surface area contributed by atoms with Crippen LogP contribution in [0.25, 0.3) is 5.57 Å². The van der Waals surface area contributed by atoms with E-state index in [0.717, 1.165) is 46.4 Å². The molecule has 1 aliphatic carbocycles. The van der Waals surface area contributed by atoms with Crippen molar-refractivity contribution < 1.29 is 32.5 Å². The van der Waals surface area contributed by atoms with Crippen molar-refractivity contribution in [3.05, 3.63) is 64.2 Å². The van der Waals surface area contributed by atoms with Crippen molar-refractivity contribution >= 4 is 17.3 Å². The molecule has 1 atom stereocenters. The number of aryl methyl sites for hydroxylation is 2. The summed E-state index contributed by atoms with van der Waals surface area (Å²) in [6.45, 7) is 0.665. The van der Waals surface area contributed by atoms with Crippen LogP contribution in [0.3, 0.4) is 0 Å². The van der Waals surface area contributed by atoms with E-state index in [1.54, 1.807) is 6.07 Å². The van der Waals surface area contributed by atoms with Gasteiger partial charge in [-0.25, -0.2) is 0 Å². The Hall–Kier alpha value is -3.73. The summed E-state index contributed by atoms with van der Waals surface area (Å²) in [7, 11) is 0. The van der Waals surface area contributed by atoms with Gasteiger partial charge in [0, 0.05) is 12.8 Å². The van der Waals surface area contributed by atoms with Crippen LogP contribution in [-0.2, 0) is 23.2 Å². The number of amides is 1. The summed E-state index contributed by atoms with van der Waals surface area (Å²) in [5.41, 5.74) is 6.93. The largest absolute Gasteiger partial charge is 0.494 e. The van der Waals surface area contributed by atoms with Gasteiger partial charge in [-0.05, 0) is 84.2 Å². The summed E-state index contributed by atoms with van der Waals surface area (Å²) in [4.78, 5) is 13.6. The molecule has 0 unspecified atom stereocenters. The summed E-state index contributed by atoms with van der Waals surface area (Å²) >= 11 is 0. The van der Waals surface area contributed by atoms with Crippen LogP contribution >= 0.6 is 0 Å². The van der Waals surface area contributed by atoms with Crippen molar-refractivity contribution in [2.75, 3.05) is 13.2 Å². The monoisotopic (exact) mass is 530 g/mol. The molecule has 2 aliphatic heterocycles. The van der Waals surface area contributed by atoms with Gasteiger partial charge in [0.25, 0.3) is 5.91 Å². The average molecular weight is 531 g/mol. The Kier molecular flexibility index (Phi) is 6.95. The minimum Gasteiger partial charge on any atom is -0.494 e. The van der Waals surface area contributed by atoms with Gasteiger partial charge in [0.05, 0.1) is 18.8 Å². The maximum Gasteiger partial charge on any atom is 0.389 e. The Morgan fingerprint density at radius 2 is 2.03 bits per heavy atom. The number of carbonyl (C=O) groups excluding carboxylic acids is 1. The molecular formula is C27H31F3N5O3+. The SMILES string of the molecule is NN/C(=[NH+]\N)C1=C(c2ccc3c(c2)CCCO3)C[C@]2(CCc3cc(OCCCC(F)(F)F)ccc32)NC1=O. The van der Waals surface area contributed by atoms with Gasteiger partial charge in [-0.1, -0.05) is 12.1 Å². The molecule has 0 saturated heterocycles. The molecule has 2 heterocycles. The molecule has 1 spiro atoms. The van der Waals surface area contributed by atoms with Crippen LogP contribution < -0.4 is 37.0 Å². The summed E-state index contributed by atoms with van der Waals surface area (Å²) in [6.07, 6.45) is -1.52. The minimum atomic E-state index is -4.20. The lowest BCUT2D eigenvalue weighted by Gasteiger charge is -2.37. The molecule has 0 fully saturated rings. The molecule has 0 bridgehead atoms. The number of amidine groups is 1.